The molecule has 0 unspecified atom stereocenters. The normalized spacial score (nSPS) is 27.5. The number of ether oxygens (including phenoxy) is 1. The molecular formula is C22H35ClN2O2. The molecule has 5 heteroatoms. The molecule has 1 N–H and O–H groups in total. The minimum atomic E-state index is -0.414. The van der Waals surface area contributed by atoms with Gasteiger partial charge < -0.3 is 14.7 Å². The van der Waals surface area contributed by atoms with Crippen molar-refractivity contribution in [2.45, 2.75) is 52.2 Å². The third-order valence-electron chi connectivity index (χ3n) is 5.89. The summed E-state index contributed by atoms with van der Waals surface area (Å²) in [7, 11) is 0. The molecule has 152 valence electrons. The maximum absolute atomic E-state index is 10.4. The Labute approximate surface area is 169 Å². The highest BCUT2D eigenvalue weighted by Gasteiger charge is 2.32. The highest BCUT2D eigenvalue weighted by molar-refractivity contribution is 6.30. The van der Waals surface area contributed by atoms with Crippen molar-refractivity contribution in [2.75, 3.05) is 44.2 Å². The van der Waals surface area contributed by atoms with E-state index in [0.717, 1.165) is 44.0 Å². The predicted octanol–water partition coefficient (Wildman–Crippen LogP) is 4.05. The zero-order chi connectivity index (χ0) is 19.4. The number of rotatable bonds is 6. The Hall–Kier alpha value is -0.810. The van der Waals surface area contributed by atoms with E-state index in [9.17, 15) is 5.11 Å². The molecular weight excluding hydrogens is 360 g/mol. The summed E-state index contributed by atoms with van der Waals surface area (Å²) in [5.41, 5.74) is 1.53. The van der Waals surface area contributed by atoms with Crippen molar-refractivity contribution in [2.24, 2.45) is 11.3 Å². The van der Waals surface area contributed by atoms with E-state index in [1.54, 1.807) is 0 Å². The molecule has 27 heavy (non-hydrogen) atoms. The molecule has 1 heterocycles. The fourth-order valence-corrected chi connectivity index (χ4v) is 5.03. The molecule has 4 nitrogen and oxygen atoms in total. The monoisotopic (exact) mass is 394 g/mol. The number of anilines is 1. The quantitative estimate of drug-likeness (QED) is 0.789. The van der Waals surface area contributed by atoms with Gasteiger partial charge in [0.25, 0.3) is 0 Å². The van der Waals surface area contributed by atoms with Crippen LogP contribution in [0.1, 0.15) is 40.0 Å². The van der Waals surface area contributed by atoms with Gasteiger partial charge in [0.05, 0.1) is 18.8 Å². The summed E-state index contributed by atoms with van der Waals surface area (Å²) in [6.07, 6.45) is 3.37. The van der Waals surface area contributed by atoms with Gasteiger partial charge in [0.1, 0.15) is 0 Å². The Morgan fingerprint density at radius 1 is 1.22 bits per heavy atom. The van der Waals surface area contributed by atoms with Crippen LogP contribution in [0.15, 0.2) is 24.3 Å². The lowest BCUT2D eigenvalue weighted by Gasteiger charge is -2.39. The molecule has 0 aromatic heterocycles. The van der Waals surface area contributed by atoms with E-state index in [2.05, 4.69) is 36.6 Å². The van der Waals surface area contributed by atoms with Gasteiger partial charge in [-0.1, -0.05) is 38.4 Å². The van der Waals surface area contributed by atoms with Gasteiger partial charge in [-0.3, -0.25) is 4.90 Å². The number of halogens is 1. The van der Waals surface area contributed by atoms with Crippen LogP contribution < -0.4 is 4.90 Å². The van der Waals surface area contributed by atoms with E-state index in [-0.39, 0.29) is 6.10 Å². The number of nitrogens with zero attached hydrogens (tertiary/aromatic N) is 2. The summed E-state index contributed by atoms with van der Waals surface area (Å²) < 4.78 is 6.09. The first-order valence-corrected chi connectivity index (χ1v) is 10.7. The zero-order valence-electron chi connectivity index (χ0n) is 17.0. The number of β-amino-alcohol motifs (C(OH)–C–C–N with tert-alkyl or cyclic N) is 1. The number of hydrogen-bond donors (Lipinski definition) is 1. The van der Waals surface area contributed by atoms with E-state index in [0.29, 0.717) is 24.5 Å². The Balaban J connectivity index is 1.39. The van der Waals surface area contributed by atoms with E-state index in [1.807, 2.05) is 18.2 Å². The first-order chi connectivity index (χ1) is 12.8. The third kappa shape index (κ3) is 6.35. The zero-order valence-corrected chi connectivity index (χ0v) is 17.8. The van der Waals surface area contributed by atoms with Crippen molar-refractivity contribution in [3.05, 3.63) is 29.3 Å². The fourth-order valence-electron chi connectivity index (χ4n) is 4.84. The highest BCUT2D eigenvalue weighted by Crippen LogP contribution is 2.39. The molecule has 1 aliphatic carbocycles. The van der Waals surface area contributed by atoms with Crippen molar-refractivity contribution in [3.63, 3.8) is 0 Å². The number of piperazine rings is 1. The van der Waals surface area contributed by atoms with Crippen molar-refractivity contribution >= 4 is 17.3 Å². The standard InChI is InChI=1S/C22H35ClN2O2/c1-17-11-21(14-22(2,3)13-17)27-16-20(26)15-24-7-9-25(10-8-24)19-6-4-5-18(23)12-19/h4-6,12,17,20-21,26H,7-11,13-16H2,1-3H3/t17-,20+,21-/m0/s1. The Kier molecular flexibility index (Phi) is 7.07. The number of aliphatic hydroxyl groups is 1. The molecule has 3 atom stereocenters. The maximum Gasteiger partial charge on any atom is 0.0900 e. The van der Waals surface area contributed by atoms with Crippen LogP contribution in [0.2, 0.25) is 5.02 Å². The molecule has 0 radical (unpaired) electrons. The average Bonchev–Trinajstić information content (AvgIpc) is 2.59. The molecule has 1 saturated heterocycles. The SMILES string of the molecule is C[C@H]1C[C@H](OC[C@H](O)CN2CCN(c3cccc(Cl)c3)CC2)CC(C)(C)C1. The molecule has 1 aliphatic heterocycles. The van der Waals surface area contributed by atoms with Crippen molar-refractivity contribution in [3.8, 4) is 0 Å². The number of benzene rings is 1. The minimum absolute atomic E-state index is 0.290. The van der Waals surface area contributed by atoms with Gasteiger partial charge in [0.15, 0.2) is 0 Å². The first-order valence-electron chi connectivity index (χ1n) is 10.3. The largest absolute Gasteiger partial charge is 0.389 e. The third-order valence-corrected chi connectivity index (χ3v) is 6.12. The van der Waals surface area contributed by atoms with Gasteiger partial charge >= 0.3 is 0 Å². The smallest absolute Gasteiger partial charge is 0.0900 e. The van der Waals surface area contributed by atoms with Crippen molar-refractivity contribution < 1.29 is 9.84 Å². The Morgan fingerprint density at radius 3 is 2.63 bits per heavy atom. The molecule has 2 fully saturated rings. The summed E-state index contributed by atoms with van der Waals surface area (Å²) in [5.74, 6) is 0.704. The summed E-state index contributed by atoms with van der Waals surface area (Å²) in [6, 6.07) is 8.04. The van der Waals surface area contributed by atoms with E-state index >= 15 is 0 Å². The van der Waals surface area contributed by atoms with E-state index in [1.165, 1.54) is 12.1 Å². The van der Waals surface area contributed by atoms with Crippen molar-refractivity contribution in [1.82, 2.24) is 4.90 Å². The summed E-state index contributed by atoms with van der Waals surface area (Å²) in [6.45, 7) is 11.9. The molecule has 3 rings (SSSR count). The minimum Gasteiger partial charge on any atom is -0.389 e. The lowest BCUT2D eigenvalue weighted by molar-refractivity contribution is -0.0615. The number of hydrogen-bond acceptors (Lipinski definition) is 4. The van der Waals surface area contributed by atoms with Gasteiger partial charge in [-0.2, -0.15) is 0 Å². The van der Waals surface area contributed by atoms with Crippen LogP contribution in [-0.2, 0) is 4.74 Å². The van der Waals surface area contributed by atoms with Gasteiger partial charge in [-0.15, -0.1) is 0 Å². The van der Waals surface area contributed by atoms with E-state index in [4.69, 9.17) is 16.3 Å². The van der Waals surface area contributed by atoms with Gasteiger partial charge in [-0.25, -0.2) is 0 Å². The molecule has 1 saturated carbocycles. The molecule has 0 amide bonds. The highest BCUT2D eigenvalue weighted by atomic mass is 35.5. The Bertz CT molecular complexity index is 602. The van der Waals surface area contributed by atoms with Crippen molar-refractivity contribution in [1.29, 1.82) is 0 Å². The van der Waals surface area contributed by atoms with E-state index < -0.39 is 6.10 Å². The molecule has 1 aromatic carbocycles. The second kappa shape index (κ2) is 9.13. The second-order valence-corrected chi connectivity index (χ2v) is 9.73. The Morgan fingerprint density at radius 2 is 1.96 bits per heavy atom. The molecule has 1 aromatic rings. The van der Waals surface area contributed by atoms with Crippen LogP contribution in [0.5, 0.6) is 0 Å². The van der Waals surface area contributed by atoms with Crippen LogP contribution in [0.4, 0.5) is 5.69 Å². The number of aliphatic hydroxyl groups excluding tert-OH is 1. The molecule has 0 spiro atoms. The lowest BCUT2D eigenvalue weighted by Crippen LogP contribution is -2.49. The van der Waals surface area contributed by atoms with Gasteiger partial charge in [0, 0.05) is 43.4 Å². The summed E-state index contributed by atoms with van der Waals surface area (Å²) >= 11 is 6.10. The van der Waals surface area contributed by atoms with Crippen LogP contribution in [0, 0.1) is 11.3 Å². The van der Waals surface area contributed by atoms with Crippen LogP contribution in [-0.4, -0.2) is 61.5 Å². The fraction of sp³-hybridized carbons (Fsp3) is 0.727. The predicted molar refractivity (Wildman–Crippen MR) is 113 cm³/mol. The molecule has 2 aliphatic rings. The average molecular weight is 395 g/mol. The summed E-state index contributed by atoms with van der Waals surface area (Å²) in [4.78, 5) is 4.69. The summed E-state index contributed by atoms with van der Waals surface area (Å²) in [5, 5.41) is 11.2. The maximum atomic E-state index is 10.4. The van der Waals surface area contributed by atoms with Gasteiger partial charge in [0.2, 0.25) is 0 Å². The topological polar surface area (TPSA) is 35.9 Å². The lowest BCUT2D eigenvalue weighted by atomic mass is 9.71. The van der Waals surface area contributed by atoms with Gasteiger partial charge in [-0.05, 0) is 48.8 Å². The van der Waals surface area contributed by atoms with Crippen LogP contribution in [0.3, 0.4) is 0 Å². The van der Waals surface area contributed by atoms with Crippen LogP contribution in [0.25, 0.3) is 0 Å². The van der Waals surface area contributed by atoms with Crippen LogP contribution >= 0.6 is 11.6 Å². The first kappa shape index (κ1) is 20.9. The second-order valence-electron chi connectivity index (χ2n) is 9.29. The molecule has 0 bridgehead atoms.